The number of rotatable bonds is 5. The van der Waals surface area contributed by atoms with Gasteiger partial charge in [-0.3, -0.25) is 0 Å². The summed E-state index contributed by atoms with van der Waals surface area (Å²) in [6.45, 7) is 0. The Morgan fingerprint density at radius 3 is 1.22 bits per heavy atom. The fraction of sp³-hybridized carbons (Fsp3) is 0.111. The van der Waals surface area contributed by atoms with Crippen LogP contribution >= 0.6 is 0 Å². The highest BCUT2D eigenvalue weighted by atomic mass is 16.6. The molecule has 0 spiro atoms. The second-order valence-electron chi connectivity index (χ2n) is 5.04. The third-order valence-electron chi connectivity index (χ3n) is 3.19. The van der Waals surface area contributed by atoms with Gasteiger partial charge in [0.05, 0.1) is 11.1 Å². The van der Waals surface area contributed by atoms with Gasteiger partial charge in [-0.2, -0.15) is 0 Å². The van der Waals surface area contributed by atoms with E-state index in [1.165, 1.54) is 48.5 Å². The molecule has 0 aliphatic carbocycles. The van der Waals surface area contributed by atoms with Crippen LogP contribution in [0.2, 0.25) is 0 Å². The van der Waals surface area contributed by atoms with E-state index in [0.717, 1.165) is 0 Å². The molecule has 0 fully saturated rings. The highest BCUT2D eigenvalue weighted by Crippen LogP contribution is 2.07. The van der Waals surface area contributed by atoms with Crippen molar-refractivity contribution in [2.45, 2.75) is 12.2 Å². The lowest BCUT2D eigenvalue weighted by atomic mass is 10.2. The van der Waals surface area contributed by atoms with E-state index in [1.807, 2.05) is 0 Å². The number of aliphatic hydroxyl groups is 2. The van der Waals surface area contributed by atoms with Crippen LogP contribution in [0.25, 0.3) is 0 Å². The van der Waals surface area contributed by atoms with Gasteiger partial charge in [0, 0.05) is 0 Å². The van der Waals surface area contributed by atoms with Gasteiger partial charge < -0.3 is 25.2 Å². The van der Waals surface area contributed by atoms with E-state index in [0.29, 0.717) is 0 Å². The van der Waals surface area contributed by atoms with Crippen LogP contribution in [-0.4, -0.2) is 51.8 Å². The first-order chi connectivity index (χ1) is 12.4. The van der Waals surface area contributed by atoms with Crippen LogP contribution in [0.3, 0.4) is 0 Å². The molecule has 0 amide bonds. The zero-order valence-electron chi connectivity index (χ0n) is 13.8. The van der Waals surface area contributed by atoms with Crippen molar-refractivity contribution in [2.24, 2.45) is 0 Å². The minimum Gasteiger partial charge on any atom is -0.412 e. The van der Waals surface area contributed by atoms with Gasteiger partial charge in [0.15, 0.2) is 12.2 Å². The van der Waals surface area contributed by atoms with Crippen LogP contribution in [0.4, 0.5) is 0 Å². The zero-order chi connectivity index (χ0) is 19.1. The normalized spacial score (nSPS) is 12.1. The minimum atomic E-state index is -2.40. The van der Waals surface area contributed by atoms with E-state index in [9.17, 15) is 29.4 Å². The zero-order valence-corrected chi connectivity index (χ0v) is 13.8. The van der Waals surface area contributed by atoms with Crippen molar-refractivity contribution in [2.75, 3.05) is 0 Å². The van der Waals surface area contributed by atoms with E-state index in [2.05, 4.69) is 9.47 Å². The monoisotopic (exact) mass is 376 g/mol. The number of ether oxygens (including phenoxy) is 2. The standard InChI is InChI=1S/C18H14O8.H2O/c19-13(17(23)25-15(21)11-7-3-1-4-8-11)14(20)18(24)26-16(22)12-9-5-2-6-10-12;/h1-10,13-14,19-20H;1H2/t13-,14-;/m1./s1. The Labute approximate surface area is 153 Å². The van der Waals surface area contributed by atoms with E-state index in [-0.39, 0.29) is 16.6 Å². The van der Waals surface area contributed by atoms with E-state index >= 15 is 0 Å². The average Bonchev–Trinajstić information content (AvgIpc) is 2.67. The number of aliphatic hydroxyl groups excluding tert-OH is 2. The quantitative estimate of drug-likeness (QED) is 0.529. The summed E-state index contributed by atoms with van der Waals surface area (Å²) in [5.41, 5.74) is 0.0637. The van der Waals surface area contributed by atoms with E-state index in [1.54, 1.807) is 12.1 Å². The summed E-state index contributed by atoms with van der Waals surface area (Å²) in [7, 11) is 0. The van der Waals surface area contributed by atoms with Crippen LogP contribution in [0.1, 0.15) is 20.7 Å². The van der Waals surface area contributed by atoms with Gasteiger partial charge in [0.2, 0.25) is 0 Å². The number of esters is 4. The molecule has 0 aliphatic heterocycles. The van der Waals surface area contributed by atoms with Crippen molar-refractivity contribution in [1.82, 2.24) is 0 Å². The number of carbonyl (C=O) groups is 4. The molecule has 0 saturated heterocycles. The summed E-state index contributed by atoms with van der Waals surface area (Å²) in [6.07, 6.45) is -4.81. The minimum absolute atomic E-state index is 0. The third-order valence-corrected chi connectivity index (χ3v) is 3.19. The van der Waals surface area contributed by atoms with Crippen molar-refractivity contribution in [1.29, 1.82) is 0 Å². The Bertz CT molecular complexity index is 733. The molecule has 9 nitrogen and oxygen atoms in total. The fourth-order valence-electron chi connectivity index (χ4n) is 1.83. The average molecular weight is 376 g/mol. The van der Waals surface area contributed by atoms with Crippen molar-refractivity contribution in [3.8, 4) is 0 Å². The van der Waals surface area contributed by atoms with Crippen LogP contribution in [0.15, 0.2) is 60.7 Å². The second kappa shape index (κ2) is 9.92. The van der Waals surface area contributed by atoms with Crippen molar-refractivity contribution >= 4 is 23.9 Å². The molecule has 142 valence electrons. The van der Waals surface area contributed by atoms with Crippen LogP contribution in [-0.2, 0) is 19.1 Å². The molecule has 2 rings (SSSR count). The van der Waals surface area contributed by atoms with Crippen molar-refractivity contribution < 1.29 is 44.3 Å². The Morgan fingerprint density at radius 2 is 0.926 bits per heavy atom. The van der Waals surface area contributed by atoms with Gasteiger partial charge in [-0.1, -0.05) is 36.4 Å². The van der Waals surface area contributed by atoms with Gasteiger partial charge >= 0.3 is 23.9 Å². The molecule has 0 radical (unpaired) electrons. The molecule has 0 saturated carbocycles. The number of carbonyl (C=O) groups excluding carboxylic acids is 4. The molecule has 2 atom stereocenters. The molecule has 0 aromatic heterocycles. The Hall–Kier alpha value is -3.40. The van der Waals surface area contributed by atoms with Crippen molar-refractivity contribution in [3.63, 3.8) is 0 Å². The molecule has 4 N–H and O–H groups in total. The van der Waals surface area contributed by atoms with Gasteiger partial charge in [0.1, 0.15) is 0 Å². The maximum Gasteiger partial charge on any atom is 0.346 e. The molecule has 2 aromatic rings. The highest BCUT2D eigenvalue weighted by molar-refractivity contribution is 6.01. The first-order valence-electron chi connectivity index (χ1n) is 7.38. The smallest absolute Gasteiger partial charge is 0.346 e. The van der Waals surface area contributed by atoms with Crippen LogP contribution < -0.4 is 0 Å². The topological polar surface area (TPSA) is 159 Å². The van der Waals surface area contributed by atoms with Crippen LogP contribution in [0.5, 0.6) is 0 Å². The molecule has 2 aromatic carbocycles. The van der Waals surface area contributed by atoms with Gasteiger partial charge in [-0.05, 0) is 24.3 Å². The first kappa shape index (κ1) is 21.6. The molecule has 0 bridgehead atoms. The fourth-order valence-corrected chi connectivity index (χ4v) is 1.83. The molecule has 0 unspecified atom stereocenters. The maximum atomic E-state index is 11.7. The molecule has 0 heterocycles. The molecule has 0 aliphatic rings. The summed E-state index contributed by atoms with van der Waals surface area (Å²) in [4.78, 5) is 46.8. The lowest BCUT2D eigenvalue weighted by Gasteiger charge is -2.14. The number of benzene rings is 2. The lowest BCUT2D eigenvalue weighted by molar-refractivity contribution is -0.166. The predicted molar refractivity (Wildman–Crippen MR) is 89.4 cm³/mol. The largest absolute Gasteiger partial charge is 0.412 e. The predicted octanol–water partition coefficient (Wildman–Crippen LogP) is -0.349. The summed E-state index contributed by atoms with van der Waals surface area (Å²) in [5.74, 6) is -5.27. The third kappa shape index (κ3) is 5.82. The maximum absolute atomic E-state index is 11.7. The van der Waals surface area contributed by atoms with Crippen molar-refractivity contribution in [3.05, 3.63) is 71.8 Å². The van der Waals surface area contributed by atoms with Gasteiger partial charge in [-0.25, -0.2) is 19.2 Å². The van der Waals surface area contributed by atoms with Crippen LogP contribution in [0, 0.1) is 0 Å². The SMILES string of the molecule is O.O=C(OC(=O)[C@H](O)[C@@H](O)C(=O)OC(=O)c1ccccc1)c1ccccc1. The Morgan fingerprint density at radius 1 is 0.630 bits per heavy atom. The lowest BCUT2D eigenvalue weighted by Crippen LogP contribution is -2.43. The molecular formula is C18H16O9. The van der Waals surface area contributed by atoms with Gasteiger partial charge in [-0.15, -0.1) is 0 Å². The summed E-state index contributed by atoms with van der Waals surface area (Å²) >= 11 is 0. The molecule has 27 heavy (non-hydrogen) atoms. The highest BCUT2D eigenvalue weighted by Gasteiger charge is 2.35. The van der Waals surface area contributed by atoms with E-state index in [4.69, 9.17) is 0 Å². The molecule has 9 heteroatoms. The summed E-state index contributed by atoms with van der Waals surface area (Å²) in [5, 5.41) is 19.3. The summed E-state index contributed by atoms with van der Waals surface area (Å²) in [6, 6.07) is 14.8. The number of hydrogen-bond donors (Lipinski definition) is 2. The Balaban J connectivity index is 0.00000364. The van der Waals surface area contributed by atoms with E-state index < -0.39 is 36.1 Å². The second-order valence-corrected chi connectivity index (χ2v) is 5.04. The summed E-state index contributed by atoms with van der Waals surface area (Å²) < 4.78 is 8.76. The molecular weight excluding hydrogens is 360 g/mol. The Kier molecular flexibility index (Phi) is 7.95. The number of hydrogen-bond acceptors (Lipinski definition) is 8. The van der Waals surface area contributed by atoms with Gasteiger partial charge in [0.25, 0.3) is 0 Å². The first-order valence-corrected chi connectivity index (χ1v) is 7.38.